The molecule has 0 aliphatic carbocycles. The lowest BCUT2D eigenvalue weighted by molar-refractivity contribution is 0.349. The first kappa shape index (κ1) is 14.7. The standard InChI is InChI=1S/C10H14BrClN2O2S2/c1-6-8(3-2-4-13-6)14-18(15,16)9-5-7(12)10(11)17-9/h5-6,8,13-14H,2-4H2,1H3. The van der Waals surface area contributed by atoms with Crippen molar-refractivity contribution in [1.29, 1.82) is 0 Å². The van der Waals surface area contributed by atoms with Crippen LogP contribution in [0.1, 0.15) is 19.8 Å². The van der Waals surface area contributed by atoms with Gasteiger partial charge in [-0.3, -0.25) is 0 Å². The summed E-state index contributed by atoms with van der Waals surface area (Å²) in [6.45, 7) is 2.93. The van der Waals surface area contributed by atoms with Crippen LogP contribution in [0, 0.1) is 0 Å². The first-order chi connectivity index (χ1) is 8.40. The minimum atomic E-state index is -3.48. The van der Waals surface area contributed by atoms with Crippen molar-refractivity contribution in [3.63, 3.8) is 0 Å². The molecule has 1 aliphatic heterocycles. The fraction of sp³-hybridized carbons (Fsp3) is 0.600. The van der Waals surface area contributed by atoms with E-state index in [9.17, 15) is 8.42 Å². The van der Waals surface area contributed by atoms with Crippen molar-refractivity contribution in [2.45, 2.75) is 36.1 Å². The van der Waals surface area contributed by atoms with Crippen molar-refractivity contribution < 1.29 is 8.42 Å². The van der Waals surface area contributed by atoms with Crippen LogP contribution in [0.3, 0.4) is 0 Å². The van der Waals surface area contributed by atoms with Gasteiger partial charge in [0.1, 0.15) is 4.21 Å². The Morgan fingerprint density at radius 3 is 2.89 bits per heavy atom. The Labute approximate surface area is 124 Å². The summed E-state index contributed by atoms with van der Waals surface area (Å²) < 4.78 is 28.0. The zero-order chi connectivity index (χ0) is 13.3. The molecule has 0 aromatic carbocycles. The summed E-state index contributed by atoms with van der Waals surface area (Å²) in [5, 5.41) is 3.69. The molecule has 0 bridgehead atoms. The van der Waals surface area contributed by atoms with Gasteiger partial charge >= 0.3 is 0 Å². The minimum absolute atomic E-state index is 0.0663. The Kier molecular flexibility index (Phi) is 4.72. The molecule has 2 N–H and O–H groups in total. The van der Waals surface area contributed by atoms with E-state index in [2.05, 4.69) is 26.0 Å². The van der Waals surface area contributed by atoms with Gasteiger partial charge in [-0.1, -0.05) is 11.6 Å². The molecule has 1 saturated heterocycles. The smallest absolute Gasteiger partial charge is 0.250 e. The van der Waals surface area contributed by atoms with Gasteiger partial charge in [0.15, 0.2) is 0 Å². The molecule has 0 radical (unpaired) electrons. The summed E-state index contributed by atoms with van der Waals surface area (Å²) in [5.41, 5.74) is 0. The number of sulfonamides is 1. The van der Waals surface area contributed by atoms with Crippen LogP contribution in [0.2, 0.25) is 5.02 Å². The molecule has 1 fully saturated rings. The van der Waals surface area contributed by atoms with Crippen molar-refractivity contribution in [3.8, 4) is 0 Å². The van der Waals surface area contributed by atoms with E-state index < -0.39 is 10.0 Å². The molecular formula is C10H14BrClN2O2S2. The zero-order valence-electron chi connectivity index (χ0n) is 9.74. The van der Waals surface area contributed by atoms with Crippen molar-refractivity contribution >= 4 is 48.9 Å². The number of piperidine rings is 1. The third-order valence-electron chi connectivity index (χ3n) is 2.96. The van der Waals surface area contributed by atoms with Crippen LogP contribution in [0.25, 0.3) is 0 Å². The normalized spacial score (nSPS) is 25.3. The van der Waals surface area contributed by atoms with E-state index in [1.165, 1.54) is 6.07 Å². The summed E-state index contributed by atoms with van der Waals surface area (Å²) in [4.78, 5) is 0. The molecule has 0 amide bonds. The first-order valence-corrected chi connectivity index (χ1v) is 9.08. The second-order valence-corrected chi connectivity index (χ2v) is 9.02. The predicted molar refractivity (Wildman–Crippen MR) is 77.8 cm³/mol. The third kappa shape index (κ3) is 3.26. The Morgan fingerprint density at radius 1 is 1.61 bits per heavy atom. The number of hydrogen-bond acceptors (Lipinski definition) is 4. The number of halogens is 2. The number of hydrogen-bond donors (Lipinski definition) is 2. The zero-order valence-corrected chi connectivity index (χ0v) is 13.7. The molecule has 2 heterocycles. The van der Waals surface area contributed by atoms with Crippen molar-refractivity contribution in [2.75, 3.05) is 6.54 Å². The highest BCUT2D eigenvalue weighted by molar-refractivity contribution is 9.11. The van der Waals surface area contributed by atoms with Crippen LogP contribution >= 0.6 is 38.9 Å². The van der Waals surface area contributed by atoms with Crippen LogP contribution in [-0.2, 0) is 10.0 Å². The van der Waals surface area contributed by atoms with E-state index in [0.29, 0.717) is 8.81 Å². The van der Waals surface area contributed by atoms with E-state index in [4.69, 9.17) is 11.6 Å². The molecule has 2 atom stereocenters. The predicted octanol–water partition coefficient (Wildman–Crippen LogP) is 2.58. The van der Waals surface area contributed by atoms with E-state index in [0.717, 1.165) is 30.7 Å². The molecule has 0 spiro atoms. The van der Waals surface area contributed by atoms with E-state index in [-0.39, 0.29) is 16.3 Å². The average molecular weight is 374 g/mol. The maximum Gasteiger partial charge on any atom is 0.250 e. The highest BCUT2D eigenvalue weighted by Gasteiger charge is 2.27. The Morgan fingerprint density at radius 2 is 2.33 bits per heavy atom. The second-order valence-electron chi connectivity index (χ2n) is 4.30. The summed E-state index contributed by atoms with van der Waals surface area (Å²) in [6.07, 6.45) is 1.83. The quantitative estimate of drug-likeness (QED) is 0.856. The minimum Gasteiger partial charge on any atom is -0.313 e. The summed E-state index contributed by atoms with van der Waals surface area (Å²) in [6, 6.07) is 1.55. The molecule has 8 heteroatoms. The van der Waals surface area contributed by atoms with E-state index >= 15 is 0 Å². The first-order valence-electron chi connectivity index (χ1n) is 5.60. The fourth-order valence-electron chi connectivity index (χ4n) is 1.92. The Hall–Kier alpha value is 0.340. The molecule has 2 rings (SSSR count). The molecule has 2 unspecified atom stereocenters. The summed E-state index contributed by atoms with van der Waals surface area (Å²) in [7, 11) is -3.48. The van der Waals surface area contributed by atoms with Gasteiger partial charge in [-0.15, -0.1) is 11.3 Å². The van der Waals surface area contributed by atoms with E-state index in [1.54, 1.807) is 0 Å². The molecule has 18 heavy (non-hydrogen) atoms. The highest BCUT2D eigenvalue weighted by atomic mass is 79.9. The average Bonchev–Trinajstić information content (AvgIpc) is 2.63. The maximum atomic E-state index is 12.2. The molecule has 1 aromatic heterocycles. The third-order valence-corrected chi connectivity index (χ3v) is 7.39. The molecule has 0 saturated carbocycles. The maximum absolute atomic E-state index is 12.2. The van der Waals surface area contributed by atoms with Gasteiger partial charge in [0.25, 0.3) is 0 Å². The molecule has 1 aliphatic rings. The molecule has 102 valence electrons. The number of rotatable bonds is 3. The molecule has 1 aromatic rings. The topological polar surface area (TPSA) is 58.2 Å². The number of nitrogens with one attached hydrogen (secondary N) is 2. The molecular weight excluding hydrogens is 360 g/mol. The van der Waals surface area contributed by atoms with Crippen LogP contribution < -0.4 is 10.0 Å². The SMILES string of the molecule is CC1NCCCC1NS(=O)(=O)c1cc(Cl)c(Br)s1. The van der Waals surface area contributed by atoms with E-state index in [1.807, 2.05) is 6.92 Å². The highest BCUT2D eigenvalue weighted by Crippen LogP contribution is 2.34. The largest absolute Gasteiger partial charge is 0.313 e. The second kappa shape index (κ2) is 5.76. The Balaban J connectivity index is 2.16. The lowest BCUT2D eigenvalue weighted by Gasteiger charge is -2.30. The van der Waals surface area contributed by atoms with Gasteiger partial charge in [0.2, 0.25) is 10.0 Å². The van der Waals surface area contributed by atoms with Gasteiger partial charge in [-0.2, -0.15) is 0 Å². The molecule has 4 nitrogen and oxygen atoms in total. The summed E-state index contributed by atoms with van der Waals surface area (Å²) >= 11 is 10.2. The monoisotopic (exact) mass is 372 g/mol. The Bertz CT molecular complexity index is 512. The number of thiophene rings is 1. The van der Waals surface area contributed by atoms with Crippen LogP contribution in [0.5, 0.6) is 0 Å². The van der Waals surface area contributed by atoms with Crippen LogP contribution in [0.4, 0.5) is 0 Å². The van der Waals surface area contributed by atoms with Crippen LogP contribution in [0.15, 0.2) is 14.1 Å². The fourth-order valence-corrected chi connectivity index (χ4v) is 5.69. The lowest BCUT2D eigenvalue weighted by atomic mass is 10.0. The van der Waals surface area contributed by atoms with Gasteiger partial charge in [-0.05, 0) is 48.3 Å². The van der Waals surface area contributed by atoms with Gasteiger partial charge in [0.05, 0.1) is 8.81 Å². The van der Waals surface area contributed by atoms with Gasteiger partial charge in [0, 0.05) is 12.1 Å². The van der Waals surface area contributed by atoms with Crippen LogP contribution in [-0.4, -0.2) is 27.0 Å². The van der Waals surface area contributed by atoms with Crippen molar-refractivity contribution in [1.82, 2.24) is 10.0 Å². The lowest BCUT2D eigenvalue weighted by Crippen LogP contribution is -2.51. The summed E-state index contributed by atoms with van der Waals surface area (Å²) in [5.74, 6) is 0. The van der Waals surface area contributed by atoms with Crippen molar-refractivity contribution in [2.24, 2.45) is 0 Å². The van der Waals surface area contributed by atoms with Gasteiger partial charge in [-0.25, -0.2) is 13.1 Å². The van der Waals surface area contributed by atoms with Crippen molar-refractivity contribution in [3.05, 3.63) is 14.9 Å². The van der Waals surface area contributed by atoms with Gasteiger partial charge < -0.3 is 5.32 Å².